The molecule has 14 nitrogen and oxygen atoms in total. The number of nitrogens with two attached hydrogens (primary N) is 1. The number of phenols is 1. The highest BCUT2D eigenvalue weighted by atomic mass is 32.1. The number of hydrogen-bond donors (Lipinski definition) is 6. The second-order valence-corrected chi connectivity index (χ2v) is 12.6. The molecule has 1 fully saturated rings. The summed E-state index contributed by atoms with van der Waals surface area (Å²) in [5.41, 5.74) is 3.23. The lowest BCUT2D eigenvalue weighted by atomic mass is 9.57. The van der Waals surface area contributed by atoms with E-state index in [4.69, 9.17) is 10.5 Å². The second-order valence-electron chi connectivity index (χ2n) is 11.7. The number of rotatable bonds is 8. The van der Waals surface area contributed by atoms with Crippen LogP contribution in [0.3, 0.4) is 0 Å². The predicted molar refractivity (Wildman–Crippen MR) is 164 cm³/mol. The Kier molecular flexibility index (Phi) is 8.14. The number of nitrogens with zero attached hydrogens (tertiary/aromatic N) is 3. The van der Waals surface area contributed by atoms with Crippen molar-refractivity contribution in [2.75, 3.05) is 45.0 Å². The van der Waals surface area contributed by atoms with Crippen LogP contribution in [0.15, 0.2) is 28.4 Å². The average molecular weight is 642 g/mol. The fourth-order valence-electron chi connectivity index (χ4n) is 6.70. The van der Waals surface area contributed by atoms with Crippen molar-refractivity contribution in [3.8, 4) is 5.75 Å². The first kappa shape index (κ1) is 31.9. The largest absolute Gasteiger partial charge is 0.508 e. The molecular formula is C30H35N5O9S. The maximum atomic E-state index is 14.1. The lowest BCUT2D eigenvalue weighted by Crippen LogP contribution is -2.65. The van der Waals surface area contributed by atoms with Gasteiger partial charge >= 0.3 is 5.97 Å². The summed E-state index contributed by atoms with van der Waals surface area (Å²) in [6.07, 6.45) is 0.161. The van der Waals surface area contributed by atoms with Gasteiger partial charge in [0.05, 0.1) is 18.2 Å². The molecule has 4 atom stereocenters. The summed E-state index contributed by atoms with van der Waals surface area (Å²) >= 11 is 1.16. The predicted octanol–water partition coefficient (Wildman–Crippen LogP) is 1.28. The van der Waals surface area contributed by atoms with Gasteiger partial charge in [-0.15, -0.1) is 11.3 Å². The lowest BCUT2D eigenvalue weighted by molar-refractivity contribution is -0.153. The van der Waals surface area contributed by atoms with Crippen LogP contribution >= 0.6 is 11.3 Å². The first-order valence-corrected chi connectivity index (χ1v) is 15.1. The number of benzene rings is 1. The van der Waals surface area contributed by atoms with E-state index in [0.29, 0.717) is 21.9 Å². The summed E-state index contributed by atoms with van der Waals surface area (Å²) < 4.78 is 4.97. The van der Waals surface area contributed by atoms with Crippen LogP contribution in [0.4, 0.5) is 10.8 Å². The topological polar surface area (TPSA) is 216 Å². The number of phenolic OH excluding ortho intramolecular Hbond substituents is 1. The summed E-state index contributed by atoms with van der Waals surface area (Å²) in [6.45, 7) is 1.91. The molecule has 2 aromatic rings. The zero-order chi connectivity index (χ0) is 33.1. The van der Waals surface area contributed by atoms with Crippen molar-refractivity contribution in [1.29, 1.82) is 0 Å². The summed E-state index contributed by atoms with van der Waals surface area (Å²) in [6, 6.07) is 0.577. The Morgan fingerprint density at radius 2 is 1.89 bits per heavy atom. The molecule has 1 amide bonds. The van der Waals surface area contributed by atoms with Crippen molar-refractivity contribution in [1.82, 2.24) is 9.88 Å². The van der Waals surface area contributed by atoms with Crippen molar-refractivity contribution in [2.24, 2.45) is 17.6 Å². The third-order valence-corrected chi connectivity index (χ3v) is 9.48. The first-order chi connectivity index (χ1) is 21.1. The summed E-state index contributed by atoms with van der Waals surface area (Å²) in [5.74, 6) is -7.63. The number of aliphatic hydroxyl groups excluding tert-OH is 2. The number of aromatic nitrogens is 1. The van der Waals surface area contributed by atoms with Crippen LogP contribution in [0.2, 0.25) is 0 Å². The molecule has 45 heavy (non-hydrogen) atoms. The Hall–Kier alpha value is -4.47. The molecule has 0 aliphatic heterocycles. The van der Waals surface area contributed by atoms with Gasteiger partial charge in [0, 0.05) is 48.8 Å². The zero-order valence-electron chi connectivity index (χ0n) is 25.4. The number of fused-ring (bicyclic) bond motifs is 3. The average Bonchev–Trinajstić information content (AvgIpc) is 3.43. The maximum absolute atomic E-state index is 14.1. The summed E-state index contributed by atoms with van der Waals surface area (Å²) in [7, 11) is 6.67. The normalized spacial score (nSPS) is 24.3. The molecule has 3 aliphatic carbocycles. The third kappa shape index (κ3) is 4.91. The molecule has 2 unspecified atom stereocenters. The number of ketones is 2. The van der Waals surface area contributed by atoms with Gasteiger partial charge in [-0.2, -0.15) is 0 Å². The Morgan fingerprint density at radius 3 is 2.49 bits per heavy atom. The fourth-order valence-corrected chi connectivity index (χ4v) is 7.38. The number of likely N-dealkylation sites (N-methyl/N-ethyl adjacent to an activating group) is 1. The van der Waals surface area contributed by atoms with Gasteiger partial charge in [-0.05, 0) is 51.4 Å². The van der Waals surface area contributed by atoms with E-state index in [2.05, 4.69) is 10.3 Å². The number of thiazole rings is 1. The number of esters is 1. The lowest BCUT2D eigenvalue weighted by Gasteiger charge is -2.50. The number of anilines is 2. The Balaban J connectivity index is 1.60. The van der Waals surface area contributed by atoms with Crippen LogP contribution < -0.4 is 16.0 Å². The van der Waals surface area contributed by atoms with Gasteiger partial charge in [-0.3, -0.25) is 19.3 Å². The molecule has 3 aliphatic rings. The third-order valence-electron chi connectivity index (χ3n) is 8.68. The van der Waals surface area contributed by atoms with Gasteiger partial charge in [0.15, 0.2) is 22.2 Å². The highest BCUT2D eigenvalue weighted by Crippen LogP contribution is 2.54. The Bertz CT molecular complexity index is 1690. The quantitative estimate of drug-likeness (QED) is 0.177. The smallest absolute Gasteiger partial charge is 0.357 e. The van der Waals surface area contributed by atoms with E-state index >= 15 is 0 Å². The molecule has 7 N–H and O–H groups in total. The van der Waals surface area contributed by atoms with Crippen LogP contribution in [-0.4, -0.2) is 100 Å². The standard InChI is InChI=1S/C30H35N5O9S/c1-6-44-28(42)16-11-45-29(33-16)32-10-13-9-17(34(2)3)14-7-12-8-15-21(35(4)5)24(38)20(27(31)41)26(40)30(15,43)25(39)18(12)23(37)19(14)22(13)36/h9,11-12,15,21,36-37,40,43H,6-8,10H2,1-5H3,(H2,31,41)(H,32,33)/t12?,15-,21?,30-/m0/s1. The molecule has 0 saturated heterocycles. The van der Waals surface area contributed by atoms with Gasteiger partial charge in [0.1, 0.15) is 22.8 Å². The van der Waals surface area contributed by atoms with Crippen LogP contribution in [0.5, 0.6) is 5.75 Å². The van der Waals surface area contributed by atoms with Crippen LogP contribution in [-0.2, 0) is 32.1 Å². The molecule has 0 spiro atoms. The zero-order valence-corrected chi connectivity index (χ0v) is 26.2. The van der Waals surface area contributed by atoms with Gasteiger partial charge in [-0.1, -0.05) is 0 Å². The Morgan fingerprint density at radius 1 is 1.20 bits per heavy atom. The van der Waals surface area contributed by atoms with Crippen molar-refractivity contribution in [3.05, 3.63) is 50.7 Å². The SMILES string of the molecule is CCOC(=O)c1csc(NCc2cc(N(C)C)c3c(c2O)C(O)=C2C(=O)[C@]4(O)C(O)=C(C(N)=O)C(=O)C(N(C)C)[C@@H]4CC2C3)n1. The highest BCUT2D eigenvalue weighted by Gasteiger charge is 2.64. The van der Waals surface area contributed by atoms with Crippen molar-refractivity contribution >= 4 is 51.4 Å². The number of aromatic hydroxyl groups is 1. The van der Waals surface area contributed by atoms with Gasteiger partial charge in [0.2, 0.25) is 5.78 Å². The first-order valence-electron chi connectivity index (χ1n) is 14.2. The maximum Gasteiger partial charge on any atom is 0.357 e. The molecular weight excluding hydrogens is 606 g/mol. The molecule has 240 valence electrons. The second kappa shape index (κ2) is 11.5. The summed E-state index contributed by atoms with van der Waals surface area (Å²) in [4.78, 5) is 59.1. The molecule has 5 rings (SSSR count). The number of Topliss-reactive ketones (excluding diaryl/α,β-unsaturated/α-hetero) is 2. The fraction of sp³-hybridized carbons (Fsp3) is 0.433. The number of primary amides is 1. The number of aliphatic hydroxyl groups is 3. The number of hydrogen-bond acceptors (Lipinski definition) is 14. The van der Waals surface area contributed by atoms with Crippen LogP contribution in [0.1, 0.15) is 40.5 Å². The minimum absolute atomic E-state index is 0.00442. The molecule has 15 heteroatoms. The Labute approximate surface area is 262 Å². The van der Waals surface area contributed by atoms with E-state index in [9.17, 15) is 39.6 Å². The molecule has 1 heterocycles. The number of amides is 1. The molecule has 1 aromatic carbocycles. The molecule has 0 bridgehead atoms. The van der Waals surface area contributed by atoms with Gasteiger partial charge in [-0.25, -0.2) is 9.78 Å². The monoisotopic (exact) mass is 641 g/mol. The highest BCUT2D eigenvalue weighted by molar-refractivity contribution is 7.13. The minimum atomic E-state index is -2.72. The van der Waals surface area contributed by atoms with E-state index < -0.39 is 64.0 Å². The number of nitrogens with one attached hydrogen (secondary N) is 1. The number of carbonyl (C=O) groups is 4. The van der Waals surface area contributed by atoms with E-state index in [0.717, 1.165) is 11.3 Å². The molecule has 1 aromatic heterocycles. The number of carbonyl (C=O) groups excluding carboxylic acids is 4. The van der Waals surface area contributed by atoms with Crippen LogP contribution in [0, 0.1) is 11.8 Å². The van der Waals surface area contributed by atoms with E-state index in [1.165, 1.54) is 10.3 Å². The number of ether oxygens (including phenoxy) is 1. The van der Waals surface area contributed by atoms with E-state index in [1.54, 1.807) is 46.1 Å². The van der Waals surface area contributed by atoms with Crippen LogP contribution in [0.25, 0.3) is 5.76 Å². The van der Waals surface area contributed by atoms with E-state index in [1.807, 2.05) is 0 Å². The molecule has 1 saturated carbocycles. The molecule has 0 radical (unpaired) electrons. The van der Waals surface area contributed by atoms with Crippen molar-refractivity contribution in [3.63, 3.8) is 0 Å². The van der Waals surface area contributed by atoms with Gasteiger partial charge in [0.25, 0.3) is 5.91 Å². The van der Waals surface area contributed by atoms with Crippen molar-refractivity contribution in [2.45, 2.75) is 38.0 Å². The van der Waals surface area contributed by atoms with E-state index in [-0.39, 0.29) is 48.6 Å². The van der Waals surface area contributed by atoms with Crippen molar-refractivity contribution < 1.29 is 44.3 Å². The minimum Gasteiger partial charge on any atom is -0.508 e. The summed E-state index contributed by atoms with van der Waals surface area (Å²) in [5, 5.41) is 50.9. The van der Waals surface area contributed by atoms with Gasteiger partial charge < -0.3 is 41.1 Å².